The Morgan fingerprint density at radius 3 is 2.86 bits per heavy atom. The molecule has 0 aliphatic carbocycles. The van der Waals surface area contributed by atoms with Crippen molar-refractivity contribution in [2.45, 2.75) is 26.3 Å². The molecule has 0 atom stereocenters. The van der Waals surface area contributed by atoms with Gasteiger partial charge in [0.25, 0.3) is 0 Å². The first-order chi connectivity index (χ1) is 6.63. The van der Waals surface area contributed by atoms with Crippen molar-refractivity contribution in [2.24, 2.45) is 7.05 Å². The van der Waals surface area contributed by atoms with E-state index < -0.39 is 0 Å². The van der Waals surface area contributed by atoms with E-state index in [1.807, 2.05) is 33.3 Å². The number of aryl methyl sites for hydroxylation is 1. The highest BCUT2D eigenvalue weighted by Crippen LogP contribution is 2.02. The first-order valence-electron chi connectivity index (χ1n) is 4.86. The third-order valence-corrected chi connectivity index (χ3v) is 2.06. The molecule has 0 aromatic carbocycles. The van der Waals surface area contributed by atoms with E-state index in [0.717, 1.165) is 12.1 Å². The molecule has 1 heterocycles. The monoisotopic (exact) mass is 195 g/mol. The third-order valence-electron chi connectivity index (χ3n) is 2.06. The highest BCUT2D eigenvalue weighted by atomic mass is 16.2. The summed E-state index contributed by atoms with van der Waals surface area (Å²) in [6.07, 6.45) is 3.39. The van der Waals surface area contributed by atoms with E-state index >= 15 is 0 Å². The van der Waals surface area contributed by atoms with Crippen molar-refractivity contribution in [3.63, 3.8) is 0 Å². The van der Waals surface area contributed by atoms with Crippen molar-refractivity contribution >= 4 is 5.91 Å². The van der Waals surface area contributed by atoms with Gasteiger partial charge >= 0.3 is 0 Å². The van der Waals surface area contributed by atoms with Gasteiger partial charge in [-0.05, 0) is 12.5 Å². The van der Waals surface area contributed by atoms with Gasteiger partial charge < -0.3 is 4.90 Å². The van der Waals surface area contributed by atoms with Gasteiger partial charge in [0.05, 0.1) is 12.2 Å². The molecule has 0 aliphatic heterocycles. The Balaban J connectivity index is 2.48. The topological polar surface area (TPSA) is 38.1 Å². The fourth-order valence-electron chi connectivity index (χ4n) is 1.28. The number of hydrogen-bond donors (Lipinski definition) is 0. The van der Waals surface area contributed by atoms with Crippen molar-refractivity contribution in [3.05, 3.63) is 18.0 Å². The van der Waals surface area contributed by atoms with Crippen LogP contribution in [-0.2, 0) is 18.4 Å². The number of aromatic nitrogens is 2. The summed E-state index contributed by atoms with van der Waals surface area (Å²) in [5.74, 6) is 0.179. The van der Waals surface area contributed by atoms with Crippen molar-refractivity contribution in [3.8, 4) is 0 Å². The molecule has 4 nitrogen and oxygen atoms in total. The van der Waals surface area contributed by atoms with Gasteiger partial charge in [-0.25, -0.2) is 0 Å². The van der Waals surface area contributed by atoms with Gasteiger partial charge in [-0.15, -0.1) is 0 Å². The second-order valence-electron chi connectivity index (χ2n) is 3.48. The van der Waals surface area contributed by atoms with Gasteiger partial charge in [0.2, 0.25) is 5.91 Å². The molecule has 0 spiro atoms. The van der Waals surface area contributed by atoms with Crippen LogP contribution in [0.1, 0.15) is 25.5 Å². The summed E-state index contributed by atoms with van der Waals surface area (Å²) in [6.45, 7) is 2.60. The van der Waals surface area contributed by atoms with Gasteiger partial charge in [-0.1, -0.05) is 6.92 Å². The van der Waals surface area contributed by atoms with Crippen LogP contribution in [-0.4, -0.2) is 27.6 Å². The molecule has 78 valence electrons. The highest BCUT2D eigenvalue weighted by Gasteiger charge is 2.08. The molecule has 0 saturated carbocycles. The summed E-state index contributed by atoms with van der Waals surface area (Å²) in [7, 11) is 3.68. The van der Waals surface area contributed by atoms with E-state index in [9.17, 15) is 4.79 Å². The lowest BCUT2D eigenvalue weighted by Gasteiger charge is -2.14. The zero-order valence-corrected chi connectivity index (χ0v) is 9.03. The number of carbonyl (C=O) groups excluding carboxylic acids is 1. The molecule has 14 heavy (non-hydrogen) atoms. The van der Waals surface area contributed by atoms with Crippen LogP contribution < -0.4 is 0 Å². The van der Waals surface area contributed by atoms with Gasteiger partial charge in [0.1, 0.15) is 0 Å². The molecular weight excluding hydrogens is 178 g/mol. The predicted octanol–water partition coefficient (Wildman–Crippen LogP) is 1.18. The smallest absolute Gasteiger partial charge is 0.222 e. The number of carbonyl (C=O) groups is 1. The summed E-state index contributed by atoms with van der Waals surface area (Å²) < 4.78 is 1.74. The van der Waals surface area contributed by atoms with Crippen LogP contribution in [0.15, 0.2) is 12.3 Å². The molecule has 0 unspecified atom stereocenters. The van der Waals surface area contributed by atoms with E-state index in [0.29, 0.717) is 13.0 Å². The fraction of sp³-hybridized carbons (Fsp3) is 0.600. The average Bonchev–Trinajstić information content (AvgIpc) is 2.51. The molecule has 1 aromatic rings. The molecule has 0 N–H and O–H groups in total. The maximum atomic E-state index is 11.4. The highest BCUT2D eigenvalue weighted by molar-refractivity contribution is 5.75. The molecule has 1 amide bonds. The molecule has 1 rings (SSSR count). The fourth-order valence-corrected chi connectivity index (χ4v) is 1.28. The van der Waals surface area contributed by atoms with Gasteiger partial charge in [-0.2, -0.15) is 5.10 Å². The lowest BCUT2D eigenvalue weighted by molar-refractivity contribution is -0.130. The number of hydrogen-bond acceptors (Lipinski definition) is 2. The average molecular weight is 195 g/mol. The maximum Gasteiger partial charge on any atom is 0.222 e. The van der Waals surface area contributed by atoms with Crippen molar-refractivity contribution in [1.82, 2.24) is 14.7 Å². The summed E-state index contributed by atoms with van der Waals surface area (Å²) in [5, 5.41) is 4.22. The van der Waals surface area contributed by atoms with E-state index in [2.05, 4.69) is 5.10 Å². The van der Waals surface area contributed by atoms with Gasteiger partial charge in [0.15, 0.2) is 0 Å². The Morgan fingerprint density at radius 1 is 1.64 bits per heavy atom. The quantitative estimate of drug-likeness (QED) is 0.723. The molecule has 0 fully saturated rings. The largest absolute Gasteiger partial charge is 0.340 e. The lowest BCUT2D eigenvalue weighted by atomic mass is 10.3. The van der Waals surface area contributed by atoms with Crippen LogP contribution >= 0.6 is 0 Å². The Hall–Kier alpha value is -1.32. The Morgan fingerprint density at radius 2 is 2.36 bits per heavy atom. The van der Waals surface area contributed by atoms with Crippen molar-refractivity contribution in [2.75, 3.05) is 7.05 Å². The maximum absolute atomic E-state index is 11.4. The third kappa shape index (κ3) is 2.87. The number of nitrogens with zero attached hydrogens (tertiary/aromatic N) is 3. The second-order valence-corrected chi connectivity index (χ2v) is 3.48. The lowest BCUT2D eigenvalue weighted by Crippen LogP contribution is -2.25. The molecule has 1 aromatic heterocycles. The first-order valence-corrected chi connectivity index (χ1v) is 4.86. The molecule has 0 radical (unpaired) electrons. The van der Waals surface area contributed by atoms with Crippen LogP contribution in [0.2, 0.25) is 0 Å². The SMILES string of the molecule is CCCC(=O)N(C)Cc1ccn(C)n1. The van der Waals surface area contributed by atoms with Crippen LogP contribution in [0.5, 0.6) is 0 Å². The number of rotatable bonds is 4. The Bertz CT molecular complexity index is 306. The minimum absolute atomic E-state index is 0.179. The molecule has 0 saturated heterocycles. The second kappa shape index (κ2) is 4.79. The standard InChI is InChI=1S/C10H17N3O/c1-4-5-10(14)12(2)8-9-6-7-13(3)11-9/h6-7H,4-5,8H2,1-3H3. The van der Waals surface area contributed by atoms with Crippen LogP contribution in [0.4, 0.5) is 0 Å². The predicted molar refractivity (Wildman–Crippen MR) is 54.6 cm³/mol. The summed E-state index contributed by atoms with van der Waals surface area (Å²) in [4.78, 5) is 13.2. The molecular formula is C10H17N3O. The molecule has 0 aliphatic rings. The van der Waals surface area contributed by atoms with Crippen LogP contribution in [0.3, 0.4) is 0 Å². The van der Waals surface area contributed by atoms with Crippen LogP contribution in [0.25, 0.3) is 0 Å². The van der Waals surface area contributed by atoms with Crippen molar-refractivity contribution < 1.29 is 4.79 Å². The minimum atomic E-state index is 0.179. The summed E-state index contributed by atoms with van der Waals surface area (Å²) in [5.41, 5.74) is 0.930. The van der Waals surface area contributed by atoms with Gasteiger partial charge in [0, 0.05) is 26.7 Å². The van der Waals surface area contributed by atoms with E-state index in [1.165, 1.54) is 0 Å². The van der Waals surface area contributed by atoms with Gasteiger partial charge in [-0.3, -0.25) is 9.48 Å². The Labute approximate surface area is 84.5 Å². The number of amides is 1. The van der Waals surface area contributed by atoms with E-state index in [1.54, 1.807) is 9.58 Å². The molecule has 0 bridgehead atoms. The summed E-state index contributed by atoms with van der Waals surface area (Å²) in [6, 6.07) is 1.93. The minimum Gasteiger partial charge on any atom is -0.340 e. The summed E-state index contributed by atoms with van der Waals surface area (Å²) >= 11 is 0. The Kier molecular flexibility index (Phi) is 3.68. The van der Waals surface area contributed by atoms with E-state index in [-0.39, 0.29) is 5.91 Å². The molecule has 4 heteroatoms. The first kappa shape index (κ1) is 10.8. The van der Waals surface area contributed by atoms with Crippen molar-refractivity contribution in [1.29, 1.82) is 0 Å². The van der Waals surface area contributed by atoms with E-state index in [4.69, 9.17) is 0 Å². The zero-order valence-electron chi connectivity index (χ0n) is 9.03. The normalized spacial score (nSPS) is 10.2. The van der Waals surface area contributed by atoms with Crippen LogP contribution in [0, 0.1) is 0 Å². The zero-order chi connectivity index (χ0) is 10.6.